The SMILES string of the molecule is Nc1nc2cc(Cl)cnc2n1-c1cc(F)ccc1F. The Hall–Kier alpha value is -2.21. The van der Waals surface area contributed by atoms with Gasteiger partial charge in [-0.05, 0) is 18.2 Å². The number of imidazole rings is 1. The fraction of sp³-hybridized carbons (Fsp3) is 0. The molecule has 1 aromatic carbocycles. The maximum absolute atomic E-state index is 13.8. The molecule has 0 fully saturated rings. The lowest BCUT2D eigenvalue weighted by molar-refractivity contribution is 0.594. The van der Waals surface area contributed by atoms with Crippen molar-refractivity contribution in [3.8, 4) is 5.69 Å². The predicted octanol–water partition coefficient (Wildman–Crippen LogP) is 2.93. The average molecular weight is 281 g/mol. The predicted molar refractivity (Wildman–Crippen MR) is 68.2 cm³/mol. The van der Waals surface area contributed by atoms with E-state index in [1.54, 1.807) is 6.07 Å². The molecule has 0 bridgehead atoms. The molecule has 96 valence electrons. The highest BCUT2D eigenvalue weighted by atomic mass is 35.5. The molecular weight excluding hydrogens is 274 g/mol. The lowest BCUT2D eigenvalue weighted by Crippen LogP contribution is -2.04. The van der Waals surface area contributed by atoms with Gasteiger partial charge >= 0.3 is 0 Å². The van der Waals surface area contributed by atoms with E-state index >= 15 is 0 Å². The Morgan fingerprint density at radius 3 is 2.79 bits per heavy atom. The van der Waals surface area contributed by atoms with Gasteiger partial charge in [-0.15, -0.1) is 0 Å². The number of aromatic nitrogens is 3. The zero-order valence-corrected chi connectivity index (χ0v) is 10.2. The number of fused-ring (bicyclic) bond motifs is 1. The van der Waals surface area contributed by atoms with Gasteiger partial charge in [0, 0.05) is 12.3 Å². The van der Waals surface area contributed by atoms with Crippen molar-refractivity contribution in [2.24, 2.45) is 0 Å². The van der Waals surface area contributed by atoms with E-state index in [9.17, 15) is 8.78 Å². The van der Waals surface area contributed by atoms with Crippen molar-refractivity contribution < 1.29 is 8.78 Å². The number of nitrogen functional groups attached to an aromatic ring is 1. The van der Waals surface area contributed by atoms with Crippen LogP contribution in [0.15, 0.2) is 30.5 Å². The summed E-state index contributed by atoms with van der Waals surface area (Å²) < 4.78 is 28.3. The van der Waals surface area contributed by atoms with Crippen molar-refractivity contribution in [1.82, 2.24) is 14.5 Å². The van der Waals surface area contributed by atoms with Crippen molar-refractivity contribution in [3.63, 3.8) is 0 Å². The largest absolute Gasteiger partial charge is 0.369 e. The monoisotopic (exact) mass is 280 g/mol. The summed E-state index contributed by atoms with van der Waals surface area (Å²) in [5, 5.41) is 0.386. The normalized spacial score (nSPS) is 11.1. The summed E-state index contributed by atoms with van der Waals surface area (Å²) in [7, 11) is 0. The highest BCUT2D eigenvalue weighted by Crippen LogP contribution is 2.25. The molecule has 7 heteroatoms. The average Bonchev–Trinajstić information content (AvgIpc) is 2.67. The second-order valence-corrected chi connectivity index (χ2v) is 4.33. The van der Waals surface area contributed by atoms with Crippen LogP contribution in [0.1, 0.15) is 0 Å². The van der Waals surface area contributed by atoms with Gasteiger partial charge in [0.1, 0.15) is 17.2 Å². The van der Waals surface area contributed by atoms with Crippen LogP contribution in [0.2, 0.25) is 5.02 Å². The molecule has 2 aromatic heterocycles. The van der Waals surface area contributed by atoms with Gasteiger partial charge < -0.3 is 5.73 Å². The van der Waals surface area contributed by atoms with Crippen molar-refractivity contribution in [1.29, 1.82) is 0 Å². The minimum Gasteiger partial charge on any atom is -0.369 e. The first-order valence-corrected chi connectivity index (χ1v) is 5.69. The lowest BCUT2D eigenvalue weighted by Gasteiger charge is -2.07. The molecule has 2 heterocycles. The van der Waals surface area contributed by atoms with E-state index in [2.05, 4.69) is 9.97 Å². The number of rotatable bonds is 1. The van der Waals surface area contributed by atoms with Gasteiger partial charge in [-0.1, -0.05) is 11.6 Å². The van der Waals surface area contributed by atoms with Crippen LogP contribution in [0.3, 0.4) is 0 Å². The third-order valence-electron chi connectivity index (χ3n) is 2.64. The lowest BCUT2D eigenvalue weighted by atomic mass is 10.3. The Kier molecular flexibility index (Phi) is 2.60. The molecule has 0 aliphatic carbocycles. The molecule has 0 saturated heterocycles. The van der Waals surface area contributed by atoms with Gasteiger partial charge in [0.05, 0.1) is 10.7 Å². The van der Waals surface area contributed by atoms with Gasteiger partial charge in [-0.25, -0.2) is 18.7 Å². The molecule has 0 atom stereocenters. The summed E-state index contributed by atoms with van der Waals surface area (Å²) in [5.74, 6) is -1.19. The molecule has 0 aliphatic heterocycles. The van der Waals surface area contributed by atoms with Crippen molar-refractivity contribution in [3.05, 3.63) is 47.1 Å². The van der Waals surface area contributed by atoms with E-state index in [0.29, 0.717) is 16.2 Å². The number of anilines is 1. The second-order valence-electron chi connectivity index (χ2n) is 3.90. The smallest absolute Gasteiger partial charge is 0.207 e. The summed E-state index contributed by atoms with van der Waals surface area (Å²) in [6.45, 7) is 0. The quantitative estimate of drug-likeness (QED) is 0.745. The summed E-state index contributed by atoms with van der Waals surface area (Å²) >= 11 is 5.80. The van der Waals surface area contributed by atoms with E-state index in [0.717, 1.165) is 18.2 Å². The van der Waals surface area contributed by atoms with Gasteiger partial charge in [0.2, 0.25) is 5.95 Å². The first kappa shape index (κ1) is 11.9. The van der Waals surface area contributed by atoms with Gasteiger partial charge in [-0.3, -0.25) is 4.57 Å². The van der Waals surface area contributed by atoms with Crippen LogP contribution < -0.4 is 5.73 Å². The van der Waals surface area contributed by atoms with Crippen molar-refractivity contribution in [2.75, 3.05) is 5.73 Å². The molecular formula is C12H7ClF2N4. The van der Waals surface area contributed by atoms with Gasteiger partial charge in [-0.2, -0.15) is 0 Å². The molecule has 0 saturated carbocycles. The van der Waals surface area contributed by atoms with Gasteiger partial charge in [0.25, 0.3) is 0 Å². The molecule has 0 aliphatic rings. The molecule has 3 rings (SSSR count). The summed E-state index contributed by atoms with van der Waals surface area (Å²) in [4.78, 5) is 8.07. The zero-order valence-electron chi connectivity index (χ0n) is 9.44. The fourth-order valence-corrected chi connectivity index (χ4v) is 2.00. The Labute approximate surface area is 111 Å². The first-order chi connectivity index (χ1) is 9.06. The minimum atomic E-state index is -0.621. The van der Waals surface area contributed by atoms with Crippen LogP contribution in [0.4, 0.5) is 14.7 Å². The topological polar surface area (TPSA) is 56.7 Å². The molecule has 0 amide bonds. The van der Waals surface area contributed by atoms with Gasteiger partial charge in [0.15, 0.2) is 5.65 Å². The number of hydrogen-bond donors (Lipinski definition) is 1. The van der Waals surface area contributed by atoms with E-state index in [1.165, 1.54) is 10.8 Å². The summed E-state index contributed by atoms with van der Waals surface area (Å²) in [6.07, 6.45) is 1.39. The van der Waals surface area contributed by atoms with Crippen LogP contribution >= 0.6 is 11.6 Å². The van der Waals surface area contributed by atoms with E-state index < -0.39 is 11.6 Å². The molecule has 0 spiro atoms. The summed E-state index contributed by atoms with van der Waals surface area (Å²) in [5.41, 5.74) is 6.41. The van der Waals surface area contributed by atoms with Crippen LogP contribution in [-0.2, 0) is 0 Å². The third kappa shape index (κ3) is 1.90. The van der Waals surface area contributed by atoms with Crippen LogP contribution in [-0.4, -0.2) is 14.5 Å². The maximum Gasteiger partial charge on any atom is 0.207 e. The van der Waals surface area contributed by atoms with Crippen LogP contribution in [0.5, 0.6) is 0 Å². The van der Waals surface area contributed by atoms with Crippen LogP contribution in [0, 0.1) is 11.6 Å². The molecule has 0 radical (unpaired) electrons. The molecule has 0 unspecified atom stereocenters. The number of nitrogens with zero attached hydrogens (tertiary/aromatic N) is 3. The highest BCUT2D eigenvalue weighted by Gasteiger charge is 2.15. The number of nitrogens with two attached hydrogens (primary N) is 1. The van der Waals surface area contributed by atoms with E-state index in [4.69, 9.17) is 17.3 Å². The van der Waals surface area contributed by atoms with Crippen LogP contribution in [0.25, 0.3) is 16.9 Å². The second kappa shape index (κ2) is 4.17. The van der Waals surface area contributed by atoms with Crippen molar-refractivity contribution in [2.45, 2.75) is 0 Å². The molecule has 3 aromatic rings. The standard InChI is InChI=1S/C12H7ClF2N4/c13-6-3-9-11(17-5-6)19(12(16)18-9)10-4-7(14)1-2-8(10)15/h1-5H,(H2,16,18). The highest BCUT2D eigenvalue weighted by molar-refractivity contribution is 6.31. The molecule has 4 nitrogen and oxygen atoms in total. The van der Waals surface area contributed by atoms with Crippen molar-refractivity contribution >= 4 is 28.7 Å². The maximum atomic E-state index is 13.8. The number of hydrogen-bond acceptors (Lipinski definition) is 3. The van der Waals surface area contributed by atoms with E-state index in [-0.39, 0.29) is 11.6 Å². The summed E-state index contributed by atoms with van der Waals surface area (Å²) in [6, 6.07) is 4.63. The zero-order chi connectivity index (χ0) is 13.6. The third-order valence-corrected chi connectivity index (χ3v) is 2.85. The molecule has 19 heavy (non-hydrogen) atoms. The molecule has 2 N–H and O–H groups in total. The number of benzene rings is 1. The number of pyridine rings is 1. The first-order valence-electron chi connectivity index (χ1n) is 5.31. The Bertz CT molecular complexity index is 785. The number of halogens is 3. The fourth-order valence-electron chi connectivity index (χ4n) is 1.85. The Morgan fingerprint density at radius 1 is 1.21 bits per heavy atom. The Balaban J connectivity index is 2.36. The Morgan fingerprint density at radius 2 is 2.00 bits per heavy atom. The minimum absolute atomic E-state index is 0.00858. The van der Waals surface area contributed by atoms with E-state index in [1.807, 2.05) is 0 Å².